The lowest BCUT2D eigenvalue weighted by Crippen LogP contribution is -2.15. The Morgan fingerprint density at radius 1 is 1.10 bits per heavy atom. The van der Waals surface area contributed by atoms with Gasteiger partial charge in [-0.05, 0) is 50.2 Å². The molecule has 0 saturated carbocycles. The summed E-state index contributed by atoms with van der Waals surface area (Å²) in [5, 5.41) is 12.0. The number of aromatic nitrogens is 3. The highest BCUT2D eigenvalue weighted by molar-refractivity contribution is 7.99. The van der Waals surface area contributed by atoms with E-state index in [0.29, 0.717) is 28.8 Å². The van der Waals surface area contributed by atoms with Gasteiger partial charge in [-0.2, -0.15) is 0 Å². The highest BCUT2D eigenvalue weighted by Crippen LogP contribution is 2.24. The third-order valence-corrected chi connectivity index (χ3v) is 5.37. The smallest absolute Gasteiger partial charge is 0.337 e. The Bertz CT molecular complexity index is 1020. The number of esters is 1. The van der Waals surface area contributed by atoms with Gasteiger partial charge in [0.15, 0.2) is 17.1 Å². The number of hydrogen-bond donors (Lipinski definition) is 1. The molecule has 1 heterocycles. The predicted molar refractivity (Wildman–Crippen MR) is 118 cm³/mol. The molecule has 1 atom stereocenters. The van der Waals surface area contributed by atoms with Crippen molar-refractivity contribution in [3.05, 3.63) is 66.0 Å². The van der Waals surface area contributed by atoms with Crippen LogP contribution in [0.15, 0.2) is 59.8 Å². The predicted octanol–water partition coefficient (Wildman–Crippen LogP) is 3.96. The number of thioether (sulfide) groups is 1. The van der Waals surface area contributed by atoms with Gasteiger partial charge in [0.1, 0.15) is 5.75 Å². The zero-order valence-electron chi connectivity index (χ0n) is 17.6. The van der Waals surface area contributed by atoms with E-state index < -0.39 is 5.97 Å². The van der Waals surface area contributed by atoms with Crippen molar-refractivity contribution in [3.8, 4) is 5.75 Å². The first-order valence-corrected chi connectivity index (χ1v) is 10.8. The molecule has 0 aliphatic rings. The minimum atomic E-state index is -0.423. The maximum atomic E-state index is 12.3. The Kier molecular flexibility index (Phi) is 7.66. The molecule has 1 amide bonds. The van der Waals surface area contributed by atoms with Crippen LogP contribution < -0.4 is 10.1 Å². The fourth-order valence-electron chi connectivity index (χ4n) is 2.90. The molecule has 0 bridgehead atoms. The Morgan fingerprint density at radius 3 is 2.45 bits per heavy atom. The summed E-state index contributed by atoms with van der Waals surface area (Å²) in [5.41, 5.74) is 1.02. The zero-order chi connectivity index (χ0) is 22.2. The van der Waals surface area contributed by atoms with Gasteiger partial charge in [0.25, 0.3) is 0 Å². The van der Waals surface area contributed by atoms with E-state index in [0.717, 1.165) is 5.75 Å². The summed E-state index contributed by atoms with van der Waals surface area (Å²) >= 11 is 1.30. The van der Waals surface area contributed by atoms with Crippen LogP contribution in [0.25, 0.3) is 0 Å². The van der Waals surface area contributed by atoms with Crippen molar-refractivity contribution in [2.24, 2.45) is 0 Å². The normalized spacial score (nSPS) is 11.6. The lowest BCUT2D eigenvalue weighted by atomic mass is 10.2. The number of rotatable bonds is 9. The van der Waals surface area contributed by atoms with E-state index in [1.165, 1.54) is 18.9 Å². The molecule has 0 unspecified atom stereocenters. The number of ether oxygens (including phenoxy) is 2. The van der Waals surface area contributed by atoms with Crippen LogP contribution in [0.4, 0.5) is 5.69 Å². The average molecular weight is 441 g/mol. The molecule has 0 fully saturated rings. The molecule has 0 aliphatic heterocycles. The standard InChI is InChI=1S/C22H24N4O4S/c1-4-26-20(15(2)30-18-8-6-5-7-9-18)24-25-22(26)31-14-19(27)23-17-12-10-16(11-13-17)21(28)29-3/h5-13,15H,4,14H2,1-3H3,(H,23,27)/t15-/m1/s1. The van der Waals surface area contributed by atoms with E-state index in [1.807, 2.05) is 48.7 Å². The quantitative estimate of drug-likeness (QED) is 0.397. The first-order chi connectivity index (χ1) is 15.0. The maximum Gasteiger partial charge on any atom is 0.337 e. The number of nitrogens with one attached hydrogen (secondary N) is 1. The summed E-state index contributed by atoms with van der Waals surface area (Å²) in [5.74, 6) is 1.02. The van der Waals surface area contributed by atoms with Crippen LogP contribution in [-0.2, 0) is 16.1 Å². The fourth-order valence-corrected chi connectivity index (χ4v) is 3.70. The number of para-hydroxylation sites is 1. The number of carbonyl (C=O) groups is 2. The first kappa shape index (κ1) is 22.4. The van der Waals surface area contributed by atoms with Crippen LogP contribution >= 0.6 is 11.8 Å². The van der Waals surface area contributed by atoms with Crippen molar-refractivity contribution in [2.75, 3.05) is 18.2 Å². The van der Waals surface area contributed by atoms with E-state index in [4.69, 9.17) is 4.74 Å². The van der Waals surface area contributed by atoms with Gasteiger partial charge in [0.2, 0.25) is 5.91 Å². The molecule has 0 aliphatic carbocycles. The van der Waals surface area contributed by atoms with E-state index in [2.05, 4.69) is 20.3 Å². The molecule has 2 aromatic carbocycles. The van der Waals surface area contributed by atoms with Gasteiger partial charge < -0.3 is 19.4 Å². The maximum absolute atomic E-state index is 12.3. The van der Waals surface area contributed by atoms with Gasteiger partial charge in [-0.1, -0.05) is 30.0 Å². The number of hydrogen-bond acceptors (Lipinski definition) is 7. The molecule has 162 valence electrons. The molecule has 9 heteroatoms. The highest BCUT2D eigenvalue weighted by Gasteiger charge is 2.19. The Hall–Kier alpha value is -3.33. The second kappa shape index (κ2) is 10.6. The molecule has 0 radical (unpaired) electrons. The van der Waals surface area contributed by atoms with Crippen LogP contribution in [0.3, 0.4) is 0 Å². The molecular formula is C22H24N4O4S. The lowest BCUT2D eigenvalue weighted by Gasteiger charge is -2.15. The molecule has 0 saturated heterocycles. The summed E-state index contributed by atoms with van der Waals surface area (Å²) in [6.45, 7) is 4.57. The molecule has 3 aromatic rings. The van der Waals surface area contributed by atoms with Crippen molar-refractivity contribution >= 4 is 29.3 Å². The van der Waals surface area contributed by atoms with Gasteiger partial charge in [-0.25, -0.2) is 4.79 Å². The molecule has 1 aromatic heterocycles. The number of anilines is 1. The Labute approximate surface area is 185 Å². The second-order valence-electron chi connectivity index (χ2n) is 6.56. The monoisotopic (exact) mass is 440 g/mol. The van der Waals surface area contributed by atoms with Crippen molar-refractivity contribution in [1.29, 1.82) is 0 Å². The van der Waals surface area contributed by atoms with Gasteiger partial charge >= 0.3 is 5.97 Å². The van der Waals surface area contributed by atoms with Crippen molar-refractivity contribution in [3.63, 3.8) is 0 Å². The third-order valence-electron chi connectivity index (χ3n) is 4.40. The molecule has 0 spiro atoms. The number of methoxy groups -OCH3 is 1. The summed E-state index contributed by atoms with van der Waals surface area (Å²) in [7, 11) is 1.32. The fraction of sp³-hybridized carbons (Fsp3) is 0.273. The lowest BCUT2D eigenvalue weighted by molar-refractivity contribution is -0.113. The van der Waals surface area contributed by atoms with Crippen LogP contribution in [0, 0.1) is 0 Å². The van der Waals surface area contributed by atoms with Crippen LogP contribution in [0.1, 0.15) is 36.1 Å². The SMILES string of the molecule is CCn1c(SCC(=O)Nc2ccc(C(=O)OC)cc2)nnc1[C@@H](C)Oc1ccccc1. The average Bonchev–Trinajstić information content (AvgIpc) is 3.21. The second-order valence-corrected chi connectivity index (χ2v) is 7.51. The summed E-state index contributed by atoms with van der Waals surface area (Å²) in [4.78, 5) is 23.8. The van der Waals surface area contributed by atoms with Crippen molar-refractivity contribution in [2.45, 2.75) is 31.7 Å². The van der Waals surface area contributed by atoms with E-state index >= 15 is 0 Å². The number of amides is 1. The minimum absolute atomic E-state index is 0.171. The summed E-state index contributed by atoms with van der Waals surface area (Å²) in [6, 6.07) is 16.0. The zero-order valence-corrected chi connectivity index (χ0v) is 18.4. The number of nitrogens with zero attached hydrogens (tertiary/aromatic N) is 3. The summed E-state index contributed by atoms with van der Waals surface area (Å²) < 4.78 is 12.6. The van der Waals surface area contributed by atoms with E-state index in [9.17, 15) is 9.59 Å². The van der Waals surface area contributed by atoms with Crippen LogP contribution in [0.5, 0.6) is 5.75 Å². The molecule has 31 heavy (non-hydrogen) atoms. The molecule has 8 nitrogen and oxygen atoms in total. The minimum Gasteiger partial charge on any atom is -0.483 e. The Balaban J connectivity index is 1.58. The topological polar surface area (TPSA) is 95.3 Å². The van der Waals surface area contributed by atoms with Crippen molar-refractivity contribution < 1.29 is 19.1 Å². The largest absolute Gasteiger partial charge is 0.483 e. The van der Waals surface area contributed by atoms with Gasteiger partial charge in [-0.15, -0.1) is 10.2 Å². The molecule has 3 rings (SSSR count). The van der Waals surface area contributed by atoms with Crippen molar-refractivity contribution in [1.82, 2.24) is 14.8 Å². The Morgan fingerprint density at radius 2 is 1.81 bits per heavy atom. The highest BCUT2D eigenvalue weighted by atomic mass is 32.2. The van der Waals surface area contributed by atoms with Crippen LogP contribution in [0.2, 0.25) is 0 Å². The summed E-state index contributed by atoms with van der Waals surface area (Å²) in [6.07, 6.45) is -0.286. The number of benzene rings is 2. The van der Waals surface area contributed by atoms with Gasteiger partial charge in [-0.3, -0.25) is 4.79 Å². The number of carbonyl (C=O) groups excluding carboxylic acids is 2. The first-order valence-electron chi connectivity index (χ1n) is 9.77. The van der Waals surface area contributed by atoms with Gasteiger partial charge in [0.05, 0.1) is 18.4 Å². The van der Waals surface area contributed by atoms with E-state index in [-0.39, 0.29) is 17.8 Å². The third kappa shape index (κ3) is 5.85. The molecule has 1 N–H and O–H groups in total. The van der Waals surface area contributed by atoms with Crippen LogP contribution in [-0.4, -0.2) is 39.5 Å². The van der Waals surface area contributed by atoms with E-state index in [1.54, 1.807) is 24.3 Å². The van der Waals surface area contributed by atoms with Gasteiger partial charge in [0, 0.05) is 12.2 Å². The molecular weight excluding hydrogens is 416 g/mol.